The number of hydrogen-bond donors (Lipinski definition) is 12. The van der Waals surface area contributed by atoms with Crippen LogP contribution in [0.15, 0.2) is 11.3 Å². The number of rotatable bonds is 13. The lowest BCUT2D eigenvalue weighted by Crippen LogP contribution is -2.65. The molecule has 8 aliphatic rings. The zero-order valence-electron chi connectivity index (χ0n) is 37.3. The van der Waals surface area contributed by atoms with Gasteiger partial charge >= 0.3 is 0 Å². The molecule has 19 nitrogen and oxygen atoms in total. The van der Waals surface area contributed by atoms with Crippen LogP contribution in [0, 0.1) is 46.3 Å². The molecule has 0 bridgehead atoms. The Hall–Kier alpha value is -1.18. The first-order valence-electron chi connectivity index (χ1n) is 23.6. The van der Waals surface area contributed by atoms with Crippen LogP contribution in [0.4, 0.5) is 0 Å². The van der Waals surface area contributed by atoms with Gasteiger partial charge in [-0.05, 0) is 97.9 Å². The van der Waals surface area contributed by atoms with Crippen LogP contribution in [0.2, 0.25) is 0 Å². The van der Waals surface area contributed by atoms with Gasteiger partial charge in [0, 0.05) is 18.8 Å². The molecule has 0 aromatic heterocycles. The van der Waals surface area contributed by atoms with E-state index in [9.17, 15) is 61.3 Å². The smallest absolute Gasteiger partial charge is 0.187 e. The van der Waals surface area contributed by atoms with Crippen molar-refractivity contribution in [3.8, 4) is 0 Å². The van der Waals surface area contributed by atoms with Crippen molar-refractivity contribution < 1.29 is 94.4 Å². The van der Waals surface area contributed by atoms with Crippen molar-refractivity contribution in [2.24, 2.45) is 46.3 Å². The fraction of sp³-hybridized carbons (Fsp3) is 0.956. The van der Waals surface area contributed by atoms with Gasteiger partial charge in [0.25, 0.3) is 0 Å². The lowest BCUT2D eigenvalue weighted by Gasteiger charge is -2.62. The topological polar surface area (TPSA) is 307 Å². The summed E-state index contributed by atoms with van der Waals surface area (Å²) in [5.74, 6) is 2.57. The van der Waals surface area contributed by atoms with Crippen LogP contribution in [0.3, 0.4) is 0 Å². The highest BCUT2D eigenvalue weighted by Gasteiger charge is 2.66. The van der Waals surface area contributed by atoms with Crippen molar-refractivity contribution in [3.63, 3.8) is 0 Å². The summed E-state index contributed by atoms with van der Waals surface area (Å²) in [5, 5.41) is 125. The second-order valence-corrected chi connectivity index (χ2v) is 21.0. The van der Waals surface area contributed by atoms with Gasteiger partial charge in [-0.15, -0.1) is 0 Å². The van der Waals surface area contributed by atoms with Crippen molar-refractivity contribution in [1.82, 2.24) is 0 Å². The van der Waals surface area contributed by atoms with E-state index in [1.54, 1.807) is 0 Å². The van der Waals surface area contributed by atoms with Crippen LogP contribution >= 0.6 is 0 Å². The van der Waals surface area contributed by atoms with E-state index in [-0.39, 0.29) is 42.3 Å². The van der Waals surface area contributed by atoms with E-state index < -0.39 is 130 Å². The Morgan fingerprint density at radius 1 is 0.656 bits per heavy atom. The predicted molar refractivity (Wildman–Crippen MR) is 219 cm³/mol. The van der Waals surface area contributed by atoms with Crippen LogP contribution in [-0.2, 0) is 33.2 Å². The van der Waals surface area contributed by atoms with Gasteiger partial charge in [-0.1, -0.05) is 20.8 Å². The van der Waals surface area contributed by atoms with E-state index in [0.717, 1.165) is 50.7 Å². The van der Waals surface area contributed by atoms with Crippen molar-refractivity contribution in [2.75, 3.05) is 26.4 Å². The Morgan fingerprint density at radius 2 is 1.25 bits per heavy atom. The minimum absolute atomic E-state index is 0.0346. The van der Waals surface area contributed by atoms with Crippen LogP contribution in [0.25, 0.3) is 0 Å². The first kappa shape index (κ1) is 49.2. The van der Waals surface area contributed by atoms with E-state index in [0.29, 0.717) is 24.2 Å². The molecule has 368 valence electrons. The molecule has 0 radical (unpaired) electrons. The van der Waals surface area contributed by atoms with Gasteiger partial charge in [0.2, 0.25) is 0 Å². The normalized spacial score (nSPS) is 53.2. The Balaban J connectivity index is 0.889. The number of aliphatic hydroxyl groups excluding tert-OH is 12. The molecule has 4 aliphatic heterocycles. The second-order valence-electron chi connectivity index (χ2n) is 21.0. The highest BCUT2D eigenvalue weighted by Crippen LogP contribution is 2.70. The lowest BCUT2D eigenvalue weighted by atomic mass is 9.44. The molecule has 8 rings (SSSR count). The lowest BCUT2D eigenvalue weighted by molar-refractivity contribution is -0.374. The average Bonchev–Trinajstić information content (AvgIpc) is 3.76. The molecule has 3 saturated heterocycles. The van der Waals surface area contributed by atoms with Crippen molar-refractivity contribution >= 4 is 0 Å². The van der Waals surface area contributed by atoms with Crippen LogP contribution in [-0.4, -0.2) is 198 Å². The van der Waals surface area contributed by atoms with E-state index in [1.165, 1.54) is 5.57 Å². The number of hydrogen-bond acceptors (Lipinski definition) is 19. The van der Waals surface area contributed by atoms with Gasteiger partial charge in [0.05, 0.1) is 44.4 Å². The molecular formula is C45H74O19. The van der Waals surface area contributed by atoms with Crippen molar-refractivity contribution in [3.05, 3.63) is 11.3 Å². The zero-order valence-corrected chi connectivity index (χ0v) is 37.3. The minimum Gasteiger partial charge on any atom is -0.494 e. The maximum atomic E-state index is 12.2. The summed E-state index contributed by atoms with van der Waals surface area (Å²) in [6.45, 7) is 7.28. The number of fused-ring (bicyclic) bond motifs is 7. The third kappa shape index (κ3) is 8.52. The molecule has 0 aromatic rings. The average molecular weight is 919 g/mol. The molecule has 0 unspecified atom stereocenters. The highest BCUT2D eigenvalue weighted by molar-refractivity contribution is 5.27. The summed E-state index contributed by atoms with van der Waals surface area (Å²) in [7, 11) is 0. The van der Waals surface area contributed by atoms with Crippen molar-refractivity contribution in [1.29, 1.82) is 0 Å². The molecule has 0 amide bonds. The SMILES string of the molecule is CC1=C(CC[C@@H](C)CO[C@@H]2O[C@H](CO)[C@@H](O)[C@H](O)[C@H]2O)O[C@H]2C[C@H]3[C@@H]4CC[C@@H]5C[C@@H](O[C@@H]6O[C@H](CO)[C@H](O)[C@H](O)[C@H]6O[C@@H]6O[C@H](CO)[C@@H](O)[C@H](O)[C@H]6O)C[C@@H](O)[C@]5(C)[C@H]4CC[C@]3(C)[C@@H]12. The Bertz CT molecular complexity index is 1620. The molecule has 4 heterocycles. The standard InChI is InChI=1S/C45H74O19/c1-18(17-58-41-38(56)35(53)32(50)27(14-46)61-41)5-8-25-19(2)31-26(60-25)13-24-22-7-6-20-11-21(12-30(49)45(20,4)23(22)9-10-44(24,31)3)59-43-40(37(55)34(52)29(16-48)63-43)64-42-39(57)36(54)33(51)28(15-47)62-42/h18,20-24,26-43,46-57H,5-17H2,1-4H3/t18-,20-,21-,22-,23+,24+,26+,27-,28-,29-,30-,31+,32-,33-,34+,35+,36+,37+,38-,39-,40-,41-,42+,43-,44+,45+/m1/s1. The van der Waals surface area contributed by atoms with Gasteiger partial charge in [0.1, 0.15) is 79.4 Å². The molecular weight excluding hydrogens is 844 g/mol. The Kier molecular flexibility index (Phi) is 14.9. The largest absolute Gasteiger partial charge is 0.494 e. The van der Waals surface area contributed by atoms with Gasteiger partial charge in [-0.25, -0.2) is 0 Å². The number of ether oxygens (including phenoxy) is 7. The predicted octanol–water partition coefficient (Wildman–Crippen LogP) is -1.86. The summed E-state index contributed by atoms with van der Waals surface area (Å²) in [6, 6.07) is 0. The van der Waals surface area contributed by atoms with Crippen LogP contribution in [0.5, 0.6) is 0 Å². The van der Waals surface area contributed by atoms with Gasteiger partial charge < -0.3 is 94.4 Å². The molecule has 26 atom stereocenters. The van der Waals surface area contributed by atoms with Crippen LogP contribution < -0.4 is 0 Å². The van der Waals surface area contributed by atoms with E-state index in [1.807, 2.05) is 6.92 Å². The summed E-state index contributed by atoms with van der Waals surface area (Å²) >= 11 is 0. The fourth-order valence-electron chi connectivity index (χ4n) is 13.7. The third-order valence-corrected chi connectivity index (χ3v) is 17.5. The first-order valence-corrected chi connectivity index (χ1v) is 23.6. The van der Waals surface area contributed by atoms with E-state index in [2.05, 4.69) is 20.8 Å². The van der Waals surface area contributed by atoms with E-state index in [4.69, 9.17) is 33.2 Å². The summed E-state index contributed by atoms with van der Waals surface area (Å²) in [4.78, 5) is 0. The second kappa shape index (κ2) is 19.3. The zero-order chi connectivity index (χ0) is 46.2. The van der Waals surface area contributed by atoms with Gasteiger partial charge in [-0.3, -0.25) is 0 Å². The van der Waals surface area contributed by atoms with Gasteiger partial charge in [0.15, 0.2) is 18.9 Å². The third-order valence-electron chi connectivity index (χ3n) is 17.5. The molecule has 7 fully saturated rings. The summed E-state index contributed by atoms with van der Waals surface area (Å²) < 4.78 is 41.9. The fourth-order valence-corrected chi connectivity index (χ4v) is 13.7. The minimum atomic E-state index is -1.78. The van der Waals surface area contributed by atoms with Gasteiger partial charge in [-0.2, -0.15) is 0 Å². The molecule has 4 saturated carbocycles. The monoisotopic (exact) mass is 918 g/mol. The molecule has 12 N–H and O–H groups in total. The van der Waals surface area contributed by atoms with Crippen molar-refractivity contribution in [2.45, 2.75) is 196 Å². The maximum absolute atomic E-state index is 12.2. The molecule has 4 aliphatic carbocycles. The Labute approximate surface area is 373 Å². The first-order chi connectivity index (χ1) is 30.4. The Morgan fingerprint density at radius 3 is 1.89 bits per heavy atom. The van der Waals surface area contributed by atoms with E-state index >= 15 is 0 Å². The highest BCUT2D eigenvalue weighted by atomic mass is 16.8. The maximum Gasteiger partial charge on any atom is 0.187 e. The molecule has 64 heavy (non-hydrogen) atoms. The number of allylic oxidation sites excluding steroid dienone is 1. The number of aliphatic hydroxyl groups is 12. The molecule has 19 heteroatoms. The molecule has 0 spiro atoms. The van der Waals surface area contributed by atoms with Crippen LogP contribution in [0.1, 0.15) is 85.5 Å². The molecule has 0 aromatic carbocycles. The summed E-state index contributed by atoms with van der Waals surface area (Å²) in [6.07, 6.45) is -16.2. The quantitative estimate of drug-likeness (QED) is 0.0902. The summed E-state index contributed by atoms with van der Waals surface area (Å²) in [5.41, 5.74) is 0.940.